The molecule has 2 N–H and O–H groups in total. The van der Waals surface area contributed by atoms with Gasteiger partial charge in [-0.3, -0.25) is 9.69 Å². The molecule has 34 heavy (non-hydrogen) atoms. The predicted octanol–water partition coefficient (Wildman–Crippen LogP) is 4.34. The molecule has 0 saturated heterocycles. The Kier molecular flexibility index (Phi) is 6.36. The van der Waals surface area contributed by atoms with Crippen molar-refractivity contribution in [3.05, 3.63) is 94.3 Å². The van der Waals surface area contributed by atoms with E-state index < -0.39 is 23.6 Å². The van der Waals surface area contributed by atoms with Crippen LogP contribution in [0, 0.1) is 30.4 Å². The maximum Gasteiger partial charge on any atom is 0.270 e. The zero-order valence-electron chi connectivity index (χ0n) is 19.2. The normalized spacial score (nSPS) is 14.8. The average Bonchev–Trinajstić information content (AvgIpc) is 3.60. The molecule has 1 saturated carbocycles. The number of aromatic nitrogens is 1. The van der Waals surface area contributed by atoms with E-state index in [2.05, 4.69) is 27.0 Å². The molecule has 174 valence electrons. The summed E-state index contributed by atoms with van der Waals surface area (Å²) in [6.07, 6.45) is 2.00. The van der Waals surface area contributed by atoms with E-state index in [0.29, 0.717) is 16.8 Å². The Labute approximate surface area is 197 Å². The summed E-state index contributed by atoms with van der Waals surface area (Å²) >= 11 is 0. The zero-order valence-corrected chi connectivity index (χ0v) is 19.2. The van der Waals surface area contributed by atoms with Crippen LogP contribution in [0.4, 0.5) is 8.78 Å². The summed E-state index contributed by atoms with van der Waals surface area (Å²) in [5.74, 6) is 4.71. The van der Waals surface area contributed by atoms with Crippen molar-refractivity contribution in [2.45, 2.75) is 31.3 Å². The fourth-order valence-electron chi connectivity index (χ4n) is 3.81. The Morgan fingerprint density at radius 3 is 2.41 bits per heavy atom. The molecule has 0 bridgehead atoms. The maximum absolute atomic E-state index is 14.0. The SMILES string of the molecule is Cc1cc(C#CC2(N(C)C)CC2)cc(C(=O)NC(c2ccc(F)cc2)c2cc(F)ccc2O)n1. The molecular formula is C27H25F2N3O2. The van der Waals surface area contributed by atoms with Gasteiger partial charge in [-0.05, 0) is 81.9 Å². The van der Waals surface area contributed by atoms with E-state index in [9.17, 15) is 18.7 Å². The minimum Gasteiger partial charge on any atom is -0.508 e. The van der Waals surface area contributed by atoms with Gasteiger partial charge in [-0.25, -0.2) is 13.8 Å². The summed E-state index contributed by atoms with van der Waals surface area (Å²) in [4.78, 5) is 19.6. The van der Waals surface area contributed by atoms with Crippen LogP contribution in [-0.4, -0.2) is 40.5 Å². The smallest absolute Gasteiger partial charge is 0.270 e. The fourth-order valence-corrected chi connectivity index (χ4v) is 3.81. The highest BCUT2D eigenvalue weighted by Crippen LogP contribution is 2.39. The molecule has 7 heteroatoms. The van der Waals surface area contributed by atoms with Gasteiger partial charge in [-0.2, -0.15) is 0 Å². The largest absolute Gasteiger partial charge is 0.508 e. The molecule has 2 aromatic carbocycles. The van der Waals surface area contributed by atoms with Crippen LogP contribution in [0.5, 0.6) is 5.75 Å². The number of pyridine rings is 1. The number of aryl methyl sites for hydroxylation is 1. The van der Waals surface area contributed by atoms with Crippen molar-refractivity contribution in [2.24, 2.45) is 0 Å². The van der Waals surface area contributed by atoms with Crippen molar-refractivity contribution < 1.29 is 18.7 Å². The zero-order chi connectivity index (χ0) is 24.5. The number of amides is 1. The lowest BCUT2D eigenvalue weighted by Crippen LogP contribution is -2.30. The van der Waals surface area contributed by atoms with Gasteiger partial charge in [0.05, 0.1) is 11.6 Å². The monoisotopic (exact) mass is 461 g/mol. The van der Waals surface area contributed by atoms with E-state index in [-0.39, 0.29) is 22.5 Å². The molecule has 1 unspecified atom stereocenters. The van der Waals surface area contributed by atoms with E-state index in [0.717, 1.165) is 25.0 Å². The topological polar surface area (TPSA) is 65.5 Å². The van der Waals surface area contributed by atoms with Crippen molar-refractivity contribution in [1.29, 1.82) is 0 Å². The van der Waals surface area contributed by atoms with Crippen molar-refractivity contribution >= 4 is 5.91 Å². The first-order valence-electron chi connectivity index (χ1n) is 10.9. The molecule has 1 amide bonds. The first-order chi connectivity index (χ1) is 16.2. The van der Waals surface area contributed by atoms with E-state index in [1.807, 2.05) is 20.2 Å². The number of nitrogens with one attached hydrogen (secondary N) is 1. The molecular weight excluding hydrogens is 436 g/mol. The first kappa shape index (κ1) is 23.4. The van der Waals surface area contributed by atoms with Gasteiger partial charge >= 0.3 is 0 Å². The van der Waals surface area contributed by atoms with Gasteiger partial charge in [0.15, 0.2) is 0 Å². The van der Waals surface area contributed by atoms with Gasteiger partial charge in [0.2, 0.25) is 0 Å². The Morgan fingerprint density at radius 1 is 1.09 bits per heavy atom. The minimum atomic E-state index is -0.927. The van der Waals surface area contributed by atoms with Gasteiger partial charge < -0.3 is 10.4 Å². The molecule has 1 aromatic heterocycles. The molecule has 1 fully saturated rings. The number of halogens is 2. The highest BCUT2D eigenvalue weighted by atomic mass is 19.1. The Bertz CT molecular complexity index is 1290. The Morgan fingerprint density at radius 2 is 1.76 bits per heavy atom. The average molecular weight is 462 g/mol. The molecule has 1 aliphatic rings. The van der Waals surface area contributed by atoms with Crippen molar-refractivity contribution in [3.8, 4) is 17.6 Å². The minimum absolute atomic E-state index is 0.123. The predicted molar refractivity (Wildman–Crippen MR) is 125 cm³/mol. The number of carbonyl (C=O) groups excluding carboxylic acids is 1. The maximum atomic E-state index is 14.0. The number of nitrogens with zero attached hydrogens (tertiary/aromatic N) is 2. The van der Waals surface area contributed by atoms with Gasteiger partial charge in [0, 0.05) is 16.8 Å². The third-order valence-electron chi connectivity index (χ3n) is 5.98. The lowest BCUT2D eigenvalue weighted by molar-refractivity contribution is 0.0937. The third kappa shape index (κ3) is 5.08. The summed E-state index contributed by atoms with van der Waals surface area (Å²) in [6, 6.07) is 11.4. The number of carbonyl (C=O) groups is 1. The highest BCUT2D eigenvalue weighted by Gasteiger charge is 2.43. The molecule has 4 rings (SSSR count). The molecule has 0 spiro atoms. The number of benzene rings is 2. The van der Waals surface area contributed by atoms with Crippen LogP contribution in [0.25, 0.3) is 0 Å². The van der Waals surface area contributed by atoms with Crippen LogP contribution in [0.1, 0.15) is 51.8 Å². The molecule has 5 nitrogen and oxygen atoms in total. The van der Waals surface area contributed by atoms with Crippen molar-refractivity contribution in [3.63, 3.8) is 0 Å². The molecule has 1 heterocycles. The summed E-state index contributed by atoms with van der Waals surface area (Å²) in [6.45, 7) is 1.77. The summed E-state index contributed by atoms with van der Waals surface area (Å²) in [7, 11) is 3.99. The Hall–Kier alpha value is -3.76. The molecule has 0 radical (unpaired) electrons. The highest BCUT2D eigenvalue weighted by molar-refractivity contribution is 5.93. The standard InChI is InChI=1S/C27H25F2N3O2/c1-17-14-18(10-11-27(12-13-27)32(2)3)15-23(30-17)26(34)31-25(19-4-6-20(28)7-5-19)22-16-21(29)8-9-24(22)33/h4-9,14-16,25,33H,12-13H2,1-3H3,(H,31,34). The van der Waals surface area contributed by atoms with Crippen LogP contribution in [0.3, 0.4) is 0 Å². The molecule has 0 aliphatic heterocycles. The lowest BCUT2D eigenvalue weighted by Gasteiger charge is -2.21. The van der Waals surface area contributed by atoms with E-state index >= 15 is 0 Å². The summed E-state index contributed by atoms with van der Waals surface area (Å²) in [5.41, 5.74) is 1.93. The van der Waals surface area contributed by atoms with E-state index in [1.54, 1.807) is 13.0 Å². The quantitative estimate of drug-likeness (QED) is 0.555. The number of hydrogen-bond donors (Lipinski definition) is 2. The van der Waals surface area contributed by atoms with E-state index in [4.69, 9.17) is 0 Å². The van der Waals surface area contributed by atoms with Gasteiger partial charge in [0.1, 0.15) is 23.1 Å². The van der Waals surface area contributed by atoms with Gasteiger partial charge in [0.25, 0.3) is 5.91 Å². The second-order valence-electron chi connectivity index (χ2n) is 8.72. The van der Waals surface area contributed by atoms with Crippen LogP contribution in [0.15, 0.2) is 54.6 Å². The van der Waals surface area contributed by atoms with Crippen LogP contribution >= 0.6 is 0 Å². The van der Waals surface area contributed by atoms with Crippen LogP contribution in [0.2, 0.25) is 0 Å². The van der Waals surface area contributed by atoms with Gasteiger partial charge in [-0.1, -0.05) is 24.0 Å². The first-order valence-corrected chi connectivity index (χ1v) is 10.9. The fraction of sp³-hybridized carbons (Fsp3) is 0.259. The number of hydrogen-bond acceptors (Lipinski definition) is 4. The number of aromatic hydroxyl groups is 1. The third-order valence-corrected chi connectivity index (χ3v) is 5.98. The number of phenols is 1. The summed E-state index contributed by atoms with van der Waals surface area (Å²) < 4.78 is 27.5. The van der Waals surface area contributed by atoms with Gasteiger partial charge in [-0.15, -0.1) is 0 Å². The molecule has 3 aromatic rings. The van der Waals surface area contributed by atoms with E-state index in [1.165, 1.54) is 30.3 Å². The Balaban J connectivity index is 1.67. The van der Waals surface area contributed by atoms with Crippen LogP contribution < -0.4 is 5.32 Å². The lowest BCUT2D eigenvalue weighted by atomic mass is 9.97. The number of phenolic OH excluding ortho intramolecular Hbond substituents is 1. The van der Waals surface area contributed by atoms with Crippen LogP contribution in [-0.2, 0) is 0 Å². The second-order valence-corrected chi connectivity index (χ2v) is 8.72. The van der Waals surface area contributed by atoms with Crippen molar-refractivity contribution in [1.82, 2.24) is 15.2 Å². The summed E-state index contributed by atoms with van der Waals surface area (Å²) in [5, 5.41) is 13.2. The molecule has 1 aliphatic carbocycles. The van der Waals surface area contributed by atoms with Crippen molar-refractivity contribution in [2.75, 3.05) is 14.1 Å². The number of rotatable bonds is 5. The second kappa shape index (κ2) is 9.24. The molecule has 1 atom stereocenters.